The molecule has 0 aromatic carbocycles. The minimum atomic E-state index is -0.0184. The summed E-state index contributed by atoms with van der Waals surface area (Å²) in [6.07, 6.45) is 9.11. The Morgan fingerprint density at radius 3 is 2.58 bits per heavy atom. The molecule has 1 heterocycles. The van der Waals surface area contributed by atoms with Crippen LogP contribution in [0.3, 0.4) is 0 Å². The van der Waals surface area contributed by atoms with Crippen LogP contribution in [0.15, 0.2) is 17.2 Å². The molecule has 0 aliphatic rings. The van der Waals surface area contributed by atoms with Crippen LogP contribution >= 0.6 is 0 Å². The lowest BCUT2D eigenvalue weighted by molar-refractivity contribution is 0.551. The molecule has 0 saturated carbocycles. The molecule has 0 aliphatic heterocycles. The zero-order valence-electron chi connectivity index (χ0n) is 12.6. The fraction of sp³-hybridized carbons (Fsp3) is 0.733. The second kappa shape index (κ2) is 7.97. The van der Waals surface area contributed by atoms with E-state index in [0.29, 0.717) is 11.9 Å². The monoisotopic (exact) mass is 265 g/mol. The number of anilines is 1. The molecule has 1 rings (SSSR count). The summed E-state index contributed by atoms with van der Waals surface area (Å²) >= 11 is 0. The SMILES string of the molecule is CCCCC(CCC)Nc1nccn(C(C)C)c1=O. The molecule has 0 radical (unpaired) electrons. The van der Waals surface area contributed by atoms with Crippen LogP contribution in [0.2, 0.25) is 0 Å². The Balaban J connectivity index is 2.84. The van der Waals surface area contributed by atoms with Gasteiger partial charge in [0.25, 0.3) is 5.56 Å². The average molecular weight is 265 g/mol. The molecule has 1 atom stereocenters. The summed E-state index contributed by atoms with van der Waals surface area (Å²) in [4.78, 5) is 16.5. The van der Waals surface area contributed by atoms with E-state index in [2.05, 4.69) is 24.1 Å². The predicted molar refractivity (Wildman–Crippen MR) is 80.7 cm³/mol. The molecular weight excluding hydrogens is 238 g/mol. The summed E-state index contributed by atoms with van der Waals surface area (Å²) in [6, 6.07) is 0.518. The van der Waals surface area contributed by atoms with E-state index in [4.69, 9.17) is 0 Å². The molecule has 19 heavy (non-hydrogen) atoms. The first-order chi connectivity index (χ1) is 9.10. The summed E-state index contributed by atoms with van der Waals surface area (Å²) in [6.45, 7) is 8.37. The van der Waals surface area contributed by atoms with E-state index < -0.39 is 0 Å². The number of rotatable bonds is 8. The van der Waals surface area contributed by atoms with Gasteiger partial charge in [-0.15, -0.1) is 0 Å². The Bertz CT molecular complexity index is 426. The molecular formula is C15H27N3O. The molecule has 1 aromatic heterocycles. The molecule has 4 heteroatoms. The van der Waals surface area contributed by atoms with Crippen molar-refractivity contribution in [2.24, 2.45) is 0 Å². The fourth-order valence-corrected chi connectivity index (χ4v) is 2.21. The van der Waals surface area contributed by atoms with Gasteiger partial charge >= 0.3 is 0 Å². The smallest absolute Gasteiger partial charge is 0.293 e. The van der Waals surface area contributed by atoms with Crippen molar-refractivity contribution in [1.29, 1.82) is 0 Å². The zero-order chi connectivity index (χ0) is 14.3. The molecule has 108 valence electrons. The second-order valence-corrected chi connectivity index (χ2v) is 5.35. The molecule has 0 aliphatic carbocycles. The van der Waals surface area contributed by atoms with Crippen LogP contribution < -0.4 is 10.9 Å². The molecule has 0 fully saturated rings. The summed E-state index contributed by atoms with van der Waals surface area (Å²) < 4.78 is 1.72. The highest BCUT2D eigenvalue weighted by Gasteiger charge is 2.12. The summed E-state index contributed by atoms with van der Waals surface area (Å²) in [5.74, 6) is 0.491. The molecule has 0 amide bonds. The number of aromatic nitrogens is 2. The molecule has 1 N–H and O–H groups in total. The highest BCUT2D eigenvalue weighted by Crippen LogP contribution is 2.11. The molecule has 0 spiro atoms. The van der Waals surface area contributed by atoms with Crippen molar-refractivity contribution in [3.8, 4) is 0 Å². The fourth-order valence-electron chi connectivity index (χ4n) is 2.21. The highest BCUT2D eigenvalue weighted by atomic mass is 16.1. The number of nitrogens with zero attached hydrogens (tertiary/aromatic N) is 2. The van der Waals surface area contributed by atoms with Crippen molar-refractivity contribution >= 4 is 5.82 Å². The molecule has 1 unspecified atom stereocenters. The number of hydrogen-bond acceptors (Lipinski definition) is 3. The third-order valence-corrected chi connectivity index (χ3v) is 3.31. The first-order valence-electron chi connectivity index (χ1n) is 7.43. The predicted octanol–water partition coefficient (Wildman–Crippen LogP) is 3.60. The van der Waals surface area contributed by atoms with Crippen LogP contribution in [-0.2, 0) is 0 Å². The van der Waals surface area contributed by atoms with Crippen molar-refractivity contribution in [2.75, 3.05) is 5.32 Å². The molecule has 4 nitrogen and oxygen atoms in total. The van der Waals surface area contributed by atoms with E-state index in [-0.39, 0.29) is 11.6 Å². The standard InChI is InChI=1S/C15H27N3O/c1-5-7-9-13(8-6-2)17-14-15(19)18(12(3)4)11-10-16-14/h10-13H,5-9H2,1-4H3,(H,16,17). The maximum absolute atomic E-state index is 12.3. The first kappa shape index (κ1) is 15.7. The Hall–Kier alpha value is -1.32. The largest absolute Gasteiger partial charge is 0.363 e. The van der Waals surface area contributed by atoms with E-state index in [1.807, 2.05) is 13.8 Å². The molecule has 0 saturated heterocycles. The number of hydrogen-bond donors (Lipinski definition) is 1. The Morgan fingerprint density at radius 2 is 2.00 bits per heavy atom. The van der Waals surface area contributed by atoms with Crippen molar-refractivity contribution in [1.82, 2.24) is 9.55 Å². The summed E-state index contributed by atoms with van der Waals surface area (Å²) in [7, 11) is 0. The van der Waals surface area contributed by atoms with Gasteiger partial charge in [0, 0.05) is 24.5 Å². The first-order valence-corrected chi connectivity index (χ1v) is 7.43. The van der Waals surface area contributed by atoms with Crippen molar-refractivity contribution in [3.63, 3.8) is 0 Å². The normalized spacial score (nSPS) is 12.7. The van der Waals surface area contributed by atoms with Gasteiger partial charge in [-0.25, -0.2) is 4.98 Å². The van der Waals surface area contributed by atoms with Gasteiger partial charge in [0.1, 0.15) is 0 Å². The van der Waals surface area contributed by atoms with E-state index in [1.165, 1.54) is 12.8 Å². The Morgan fingerprint density at radius 1 is 1.26 bits per heavy atom. The molecule has 0 bridgehead atoms. The lowest BCUT2D eigenvalue weighted by Gasteiger charge is -2.19. The van der Waals surface area contributed by atoms with Crippen molar-refractivity contribution < 1.29 is 0 Å². The minimum absolute atomic E-state index is 0.0184. The molecule has 1 aromatic rings. The van der Waals surface area contributed by atoms with Gasteiger partial charge in [0.2, 0.25) is 0 Å². The highest BCUT2D eigenvalue weighted by molar-refractivity contribution is 5.32. The van der Waals surface area contributed by atoms with Crippen LogP contribution in [0.5, 0.6) is 0 Å². The topological polar surface area (TPSA) is 46.9 Å². The van der Waals surface area contributed by atoms with Gasteiger partial charge in [-0.1, -0.05) is 33.1 Å². The maximum Gasteiger partial charge on any atom is 0.293 e. The lowest BCUT2D eigenvalue weighted by Crippen LogP contribution is -2.30. The van der Waals surface area contributed by atoms with Crippen LogP contribution in [-0.4, -0.2) is 15.6 Å². The third kappa shape index (κ3) is 4.69. The average Bonchev–Trinajstić information content (AvgIpc) is 2.38. The Labute approximate surface area is 116 Å². The van der Waals surface area contributed by atoms with E-state index in [0.717, 1.165) is 19.3 Å². The minimum Gasteiger partial charge on any atom is -0.363 e. The quantitative estimate of drug-likeness (QED) is 0.781. The van der Waals surface area contributed by atoms with Gasteiger partial charge in [0.15, 0.2) is 5.82 Å². The van der Waals surface area contributed by atoms with Crippen molar-refractivity contribution in [2.45, 2.75) is 71.9 Å². The lowest BCUT2D eigenvalue weighted by atomic mass is 10.1. The van der Waals surface area contributed by atoms with Gasteiger partial charge in [-0.05, 0) is 26.7 Å². The van der Waals surface area contributed by atoms with Gasteiger partial charge < -0.3 is 9.88 Å². The van der Waals surface area contributed by atoms with Gasteiger partial charge in [-0.2, -0.15) is 0 Å². The van der Waals surface area contributed by atoms with E-state index in [9.17, 15) is 4.79 Å². The maximum atomic E-state index is 12.3. The third-order valence-electron chi connectivity index (χ3n) is 3.31. The second-order valence-electron chi connectivity index (χ2n) is 5.35. The Kier molecular flexibility index (Phi) is 6.60. The van der Waals surface area contributed by atoms with E-state index >= 15 is 0 Å². The van der Waals surface area contributed by atoms with Gasteiger partial charge in [-0.3, -0.25) is 4.79 Å². The van der Waals surface area contributed by atoms with E-state index in [1.54, 1.807) is 17.0 Å². The van der Waals surface area contributed by atoms with Gasteiger partial charge in [0.05, 0.1) is 0 Å². The van der Waals surface area contributed by atoms with Crippen LogP contribution in [0, 0.1) is 0 Å². The summed E-state index contributed by atoms with van der Waals surface area (Å²) in [5, 5.41) is 3.33. The van der Waals surface area contributed by atoms with Crippen LogP contribution in [0.25, 0.3) is 0 Å². The zero-order valence-corrected chi connectivity index (χ0v) is 12.6. The van der Waals surface area contributed by atoms with Crippen LogP contribution in [0.4, 0.5) is 5.82 Å². The number of unbranched alkanes of at least 4 members (excludes halogenated alkanes) is 1. The summed E-state index contributed by atoms with van der Waals surface area (Å²) in [5.41, 5.74) is -0.0184. The van der Waals surface area contributed by atoms with Crippen molar-refractivity contribution in [3.05, 3.63) is 22.7 Å². The number of nitrogens with one attached hydrogen (secondary N) is 1. The van der Waals surface area contributed by atoms with Crippen LogP contribution in [0.1, 0.15) is 65.8 Å².